The monoisotopic (exact) mass is 204 g/mol. The molecule has 5 heteroatoms. The third-order valence-electron chi connectivity index (χ3n) is 2.21. The number of carbonyl (C=O) groups excluding carboxylic acids is 1. The van der Waals surface area contributed by atoms with Crippen molar-refractivity contribution in [1.82, 2.24) is 9.38 Å². The van der Waals surface area contributed by atoms with Gasteiger partial charge in [0.2, 0.25) is 0 Å². The number of hydrogen-bond acceptors (Lipinski definition) is 3. The smallest absolute Gasteiger partial charge is 0.335 e. The highest BCUT2D eigenvalue weighted by Gasteiger charge is 2.10. The van der Waals surface area contributed by atoms with Crippen molar-refractivity contribution in [2.45, 2.75) is 6.92 Å². The molecule has 0 radical (unpaired) electrons. The molecular weight excluding hydrogens is 196 g/mol. The van der Waals surface area contributed by atoms with E-state index in [0.717, 1.165) is 0 Å². The van der Waals surface area contributed by atoms with Crippen molar-refractivity contribution in [2.24, 2.45) is 0 Å². The van der Waals surface area contributed by atoms with Crippen molar-refractivity contribution in [3.05, 3.63) is 35.4 Å². The fourth-order valence-corrected chi connectivity index (χ4v) is 1.48. The van der Waals surface area contributed by atoms with Gasteiger partial charge in [0, 0.05) is 6.20 Å². The molecule has 0 bridgehead atoms. The molecular formula is C10H8N2O3. The van der Waals surface area contributed by atoms with E-state index in [2.05, 4.69) is 4.98 Å². The van der Waals surface area contributed by atoms with E-state index < -0.39 is 5.97 Å². The first kappa shape index (κ1) is 9.39. The summed E-state index contributed by atoms with van der Waals surface area (Å²) in [5, 5.41) is 8.80. The number of pyridine rings is 1. The highest BCUT2D eigenvalue weighted by molar-refractivity contribution is 5.91. The summed E-state index contributed by atoms with van der Waals surface area (Å²) in [5.41, 5.74) is 0.920. The van der Waals surface area contributed by atoms with Crippen molar-refractivity contribution in [1.29, 1.82) is 0 Å². The number of imidazole rings is 1. The maximum Gasteiger partial charge on any atom is 0.335 e. The molecule has 2 rings (SSSR count). The lowest BCUT2D eigenvalue weighted by Crippen LogP contribution is -1.98. The molecule has 2 aromatic heterocycles. The molecule has 15 heavy (non-hydrogen) atoms. The molecule has 0 saturated heterocycles. The van der Waals surface area contributed by atoms with Crippen molar-refractivity contribution in [3.63, 3.8) is 0 Å². The number of fused-ring (bicyclic) bond motifs is 1. The van der Waals surface area contributed by atoms with Crippen molar-refractivity contribution >= 4 is 17.8 Å². The van der Waals surface area contributed by atoms with Crippen molar-refractivity contribution < 1.29 is 14.7 Å². The first-order valence-corrected chi connectivity index (χ1v) is 4.30. The van der Waals surface area contributed by atoms with Gasteiger partial charge in [-0.2, -0.15) is 0 Å². The number of nitrogens with zero attached hydrogens (tertiary/aromatic N) is 2. The second kappa shape index (κ2) is 3.20. The van der Waals surface area contributed by atoms with Crippen LogP contribution >= 0.6 is 0 Å². The number of carboxylic acid groups (broad SMARTS) is 1. The Morgan fingerprint density at radius 3 is 2.93 bits per heavy atom. The summed E-state index contributed by atoms with van der Waals surface area (Å²) < 4.78 is 1.68. The van der Waals surface area contributed by atoms with Crippen LogP contribution in [0.4, 0.5) is 0 Å². The molecule has 0 aliphatic rings. The average Bonchev–Trinajstić information content (AvgIpc) is 2.55. The van der Waals surface area contributed by atoms with Crippen molar-refractivity contribution in [3.8, 4) is 0 Å². The van der Waals surface area contributed by atoms with E-state index in [-0.39, 0.29) is 11.3 Å². The lowest BCUT2D eigenvalue weighted by atomic mass is 10.2. The summed E-state index contributed by atoms with van der Waals surface area (Å²) in [6, 6.07) is 2.91. The fraction of sp³-hybridized carbons (Fsp3) is 0.100. The molecule has 0 saturated carbocycles. The predicted molar refractivity (Wildman–Crippen MR) is 52.3 cm³/mol. The molecule has 0 spiro atoms. The minimum atomic E-state index is -1.02. The van der Waals surface area contributed by atoms with E-state index >= 15 is 0 Å². The Kier molecular flexibility index (Phi) is 2.00. The highest BCUT2D eigenvalue weighted by atomic mass is 16.4. The minimum Gasteiger partial charge on any atom is -0.478 e. The molecule has 0 atom stereocenters. The van der Waals surface area contributed by atoms with Gasteiger partial charge >= 0.3 is 5.97 Å². The predicted octanol–water partition coefficient (Wildman–Crippen LogP) is 1.15. The Balaban J connectivity index is 2.79. The number of carbonyl (C=O) groups is 2. The van der Waals surface area contributed by atoms with Gasteiger partial charge in [0.25, 0.3) is 0 Å². The van der Waals surface area contributed by atoms with Gasteiger partial charge in [0.05, 0.1) is 11.1 Å². The lowest BCUT2D eigenvalue weighted by Gasteiger charge is -1.98. The lowest BCUT2D eigenvalue weighted by molar-refractivity contribution is 0.0696. The van der Waals surface area contributed by atoms with E-state index in [1.54, 1.807) is 17.5 Å². The Hall–Kier alpha value is -2.17. The quantitative estimate of drug-likeness (QED) is 0.745. The molecule has 0 aromatic carbocycles. The van der Waals surface area contributed by atoms with Gasteiger partial charge in [-0.15, -0.1) is 0 Å². The molecule has 2 aromatic rings. The zero-order chi connectivity index (χ0) is 11.0. The minimum absolute atomic E-state index is 0.144. The SMILES string of the molecule is Cc1nc(C=O)c2cc(C(=O)O)ccn12. The Morgan fingerprint density at radius 2 is 2.33 bits per heavy atom. The molecule has 0 fully saturated rings. The second-order valence-electron chi connectivity index (χ2n) is 3.14. The molecule has 0 amide bonds. The largest absolute Gasteiger partial charge is 0.478 e. The summed E-state index contributed by atoms with van der Waals surface area (Å²) >= 11 is 0. The number of aromatic carboxylic acids is 1. The number of carboxylic acids is 1. The summed E-state index contributed by atoms with van der Waals surface area (Å²) in [6.07, 6.45) is 2.21. The number of aryl methyl sites for hydroxylation is 1. The van der Waals surface area contributed by atoms with Gasteiger partial charge in [-0.1, -0.05) is 0 Å². The third kappa shape index (κ3) is 1.38. The Labute approximate surface area is 85.0 Å². The zero-order valence-corrected chi connectivity index (χ0v) is 7.97. The van der Waals surface area contributed by atoms with E-state index in [4.69, 9.17) is 5.11 Å². The summed E-state index contributed by atoms with van der Waals surface area (Å²) in [4.78, 5) is 25.4. The van der Waals surface area contributed by atoms with Crippen LogP contribution < -0.4 is 0 Å². The average molecular weight is 204 g/mol. The van der Waals surface area contributed by atoms with Gasteiger partial charge < -0.3 is 9.51 Å². The molecule has 5 nitrogen and oxygen atoms in total. The van der Waals surface area contributed by atoms with Crippen LogP contribution in [0.1, 0.15) is 26.7 Å². The number of rotatable bonds is 2. The molecule has 0 aliphatic carbocycles. The second-order valence-corrected chi connectivity index (χ2v) is 3.14. The van der Waals surface area contributed by atoms with Crippen LogP contribution in [0.3, 0.4) is 0 Å². The maximum atomic E-state index is 10.7. The van der Waals surface area contributed by atoms with Crippen LogP contribution in [-0.4, -0.2) is 26.7 Å². The molecule has 0 aliphatic heterocycles. The summed E-state index contributed by atoms with van der Waals surface area (Å²) in [5.74, 6) is -0.364. The Morgan fingerprint density at radius 1 is 1.60 bits per heavy atom. The number of aldehydes is 1. The van der Waals surface area contributed by atoms with E-state index in [9.17, 15) is 9.59 Å². The molecule has 0 unspecified atom stereocenters. The van der Waals surface area contributed by atoms with Crippen LogP contribution in [0.15, 0.2) is 18.3 Å². The molecule has 1 N–H and O–H groups in total. The van der Waals surface area contributed by atoms with E-state index in [1.807, 2.05) is 0 Å². The van der Waals surface area contributed by atoms with Gasteiger partial charge in [-0.3, -0.25) is 4.79 Å². The molecule has 2 heterocycles. The van der Waals surface area contributed by atoms with Crippen molar-refractivity contribution in [2.75, 3.05) is 0 Å². The van der Waals surface area contributed by atoms with Gasteiger partial charge in [0.1, 0.15) is 11.5 Å². The Bertz CT molecular complexity index is 557. The topological polar surface area (TPSA) is 71.7 Å². The van der Waals surface area contributed by atoms with Gasteiger partial charge in [-0.05, 0) is 19.1 Å². The van der Waals surface area contributed by atoms with Crippen LogP contribution in [0.5, 0.6) is 0 Å². The maximum absolute atomic E-state index is 10.7. The van der Waals surface area contributed by atoms with Crippen LogP contribution in [0.25, 0.3) is 5.52 Å². The highest BCUT2D eigenvalue weighted by Crippen LogP contribution is 2.13. The normalized spacial score (nSPS) is 10.5. The standard InChI is InChI=1S/C10H8N2O3/c1-6-11-8(5-13)9-4-7(10(14)15)2-3-12(6)9/h2-5H,1H3,(H,14,15). The molecule has 76 valence electrons. The number of aromatic nitrogens is 2. The van der Waals surface area contributed by atoms with Crippen LogP contribution in [0, 0.1) is 6.92 Å². The van der Waals surface area contributed by atoms with Gasteiger partial charge in [-0.25, -0.2) is 9.78 Å². The van der Waals surface area contributed by atoms with Gasteiger partial charge in [0.15, 0.2) is 6.29 Å². The first-order valence-electron chi connectivity index (χ1n) is 4.30. The zero-order valence-electron chi connectivity index (χ0n) is 7.97. The first-order chi connectivity index (χ1) is 7.13. The van der Waals surface area contributed by atoms with E-state index in [0.29, 0.717) is 17.6 Å². The summed E-state index contributed by atoms with van der Waals surface area (Å²) in [7, 11) is 0. The van der Waals surface area contributed by atoms with Crippen LogP contribution in [-0.2, 0) is 0 Å². The fourth-order valence-electron chi connectivity index (χ4n) is 1.48. The van der Waals surface area contributed by atoms with Crippen LogP contribution in [0.2, 0.25) is 0 Å². The van der Waals surface area contributed by atoms with E-state index in [1.165, 1.54) is 12.1 Å². The summed E-state index contributed by atoms with van der Waals surface area (Å²) in [6.45, 7) is 1.75. The number of hydrogen-bond donors (Lipinski definition) is 1. The third-order valence-corrected chi connectivity index (χ3v) is 2.21.